The molecule has 0 heterocycles. The molecule has 19 heavy (non-hydrogen) atoms. The van der Waals surface area contributed by atoms with E-state index in [1.54, 1.807) is 25.1 Å². The normalized spacial score (nSPS) is 12.2. The van der Waals surface area contributed by atoms with Gasteiger partial charge >= 0.3 is 0 Å². The summed E-state index contributed by atoms with van der Waals surface area (Å²) < 4.78 is 24.0. The summed E-state index contributed by atoms with van der Waals surface area (Å²) in [4.78, 5) is 12.3. The third kappa shape index (κ3) is 3.80. The molecule has 1 rings (SSSR count). The summed E-state index contributed by atoms with van der Waals surface area (Å²) in [7, 11) is -3.40. The van der Waals surface area contributed by atoms with Crippen LogP contribution >= 0.6 is 0 Å². The molecule has 0 fully saturated rings. The fourth-order valence-electron chi connectivity index (χ4n) is 1.54. The lowest BCUT2D eigenvalue weighted by atomic mass is 10.0. The Kier molecular flexibility index (Phi) is 4.74. The zero-order valence-corrected chi connectivity index (χ0v) is 12.7. The van der Waals surface area contributed by atoms with Crippen molar-refractivity contribution in [3.63, 3.8) is 0 Å². The Balaban J connectivity index is 3.19. The first-order chi connectivity index (χ1) is 8.73. The van der Waals surface area contributed by atoms with Crippen LogP contribution < -0.4 is 5.32 Å². The van der Waals surface area contributed by atoms with E-state index in [4.69, 9.17) is 0 Å². The van der Waals surface area contributed by atoms with E-state index >= 15 is 0 Å². The Morgan fingerprint density at radius 1 is 1.21 bits per heavy atom. The minimum absolute atomic E-state index is 0.0194. The van der Waals surface area contributed by atoms with Gasteiger partial charge in [-0.25, -0.2) is 8.42 Å². The van der Waals surface area contributed by atoms with Crippen molar-refractivity contribution >= 4 is 15.7 Å². The second-order valence-electron chi connectivity index (χ2n) is 5.09. The largest absolute Gasteiger partial charge is 0.347 e. The first-order valence-electron chi connectivity index (χ1n) is 6.38. The van der Waals surface area contributed by atoms with Gasteiger partial charge in [-0.1, -0.05) is 26.0 Å². The van der Waals surface area contributed by atoms with Gasteiger partial charge in [-0.3, -0.25) is 4.79 Å². The third-order valence-corrected chi connectivity index (χ3v) is 4.97. The van der Waals surface area contributed by atoms with Crippen molar-refractivity contribution in [3.05, 3.63) is 29.8 Å². The molecule has 0 atom stereocenters. The Hall–Kier alpha value is -1.36. The number of benzene rings is 1. The van der Waals surface area contributed by atoms with E-state index in [2.05, 4.69) is 5.32 Å². The highest BCUT2D eigenvalue weighted by Crippen LogP contribution is 2.18. The molecule has 0 bridgehead atoms. The maximum absolute atomic E-state index is 12.2. The van der Waals surface area contributed by atoms with Crippen LogP contribution in [0.2, 0.25) is 0 Å². The van der Waals surface area contributed by atoms with Crippen LogP contribution in [0.15, 0.2) is 29.2 Å². The van der Waals surface area contributed by atoms with Crippen LogP contribution in [0.25, 0.3) is 0 Å². The summed E-state index contributed by atoms with van der Waals surface area (Å²) in [5.74, 6) is -0.367. The number of amides is 1. The zero-order chi connectivity index (χ0) is 14.7. The highest BCUT2D eigenvalue weighted by atomic mass is 32.2. The van der Waals surface area contributed by atoms with Crippen molar-refractivity contribution in [1.29, 1.82) is 0 Å². The van der Waals surface area contributed by atoms with Gasteiger partial charge in [0.25, 0.3) is 5.91 Å². The quantitative estimate of drug-likeness (QED) is 0.902. The number of sulfone groups is 1. The zero-order valence-electron chi connectivity index (χ0n) is 11.9. The van der Waals surface area contributed by atoms with Gasteiger partial charge in [0.15, 0.2) is 9.84 Å². The molecule has 0 radical (unpaired) electrons. The van der Waals surface area contributed by atoms with Gasteiger partial charge in [-0.15, -0.1) is 0 Å². The standard InChI is InChI=1S/C14H21NO3S/c1-5-14(3,4)15-13(16)11-9-7-8-10-12(11)19(17,18)6-2/h7-10H,5-6H2,1-4H3,(H,15,16). The minimum atomic E-state index is -3.40. The van der Waals surface area contributed by atoms with E-state index in [-0.39, 0.29) is 27.7 Å². The lowest BCUT2D eigenvalue weighted by molar-refractivity contribution is 0.0908. The Morgan fingerprint density at radius 3 is 2.32 bits per heavy atom. The fraction of sp³-hybridized carbons (Fsp3) is 0.500. The van der Waals surface area contributed by atoms with Crippen molar-refractivity contribution in [2.45, 2.75) is 44.6 Å². The number of carbonyl (C=O) groups is 1. The van der Waals surface area contributed by atoms with Crippen LogP contribution in [0.1, 0.15) is 44.5 Å². The predicted octanol–water partition coefficient (Wildman–Crippen LogP) is 2.40. The van der Waals surface area contributed by atoms with Gasteiger partial charge in [0.1, 0.15) is 0 Å². The van der Waals surface area contributed by atoms with Crippen LogP contribution in [0, 0.1) is 0 Å². The van der Waals surface area contributed by atoms with Crippen molar-refractivity contribution in [1.82, 2.24) is 5.32 Å². The number of hydrogen-bond acceptors (Lipinski definition) is 3. The van der Waals surface area contributed by atoms with Crippen molar-refractivity contribution in [3.8, 4) is 0 Å². The number of rotatable bonds is 5. The van der Waals surface area contributed by atoms with Crippen molar-refractivity contribution < 1.29 is 13.2 Å². The maximum Gasteiger partial charge on any atom is 0.253 e. The average Bonchev–Trinajstić information content (AvgIpc) is 2.38. The second kappa shape index (κ2) is 5.74. The summed E-state index contributed by atoms with van der Waals surface area (Å²) in [5, 5.41) is 2.86. The van der Waals surface area contributed by atoms with Gasteiger partial charge in [0, 0.05) is 5.54 Å². The average molecular weight is 283 g/mol. The van der Waals surface area contributed by atoms with E-state index in [9.17, 15) is 13.2 Å². The molecule has 0 aliphatic heterocycles. The number of carbonyl (C=O) groups excluding carboxylic acids is 1. The van der Waals surface area contributed by atoms with Gasteiger partial charge in [-0.2, -0.15) is 0 Å². The summed E-state index contributed by atoms with van der Waals surface area (Å²) in [6, 6.07) is 6.32. The molecule has 0 aliphatic rings. The molecular formula is C14H21NO3S. The lowest BCUT2D eigenvalue weighted by Gasteiger charge is -2.25. The maximum atomic E-state index is 12.2. The number of hydrogen-bond donors (Lipinski definition) is 1. The second-order valence-corrected chi connectivity index (χ2v) is 7.34. The third-order valence-electron chi connectivity index (χ3n) is 3.18. The molecule has 1 aromatic rings. The molecule has 0 aliphatic carbocycles. The first kappa shape index (κ1) is 15.7. The predicted molar refractivity (Wildman–Crippen MR) is 76.0 cm³/mol. The van der Waals surface area contributed by atoms with Crippen LogP contribution in [0.5, 0.6) is 0 Å². The molecule has 0 saturated heterocycles. The minimum Gasteiger partial charge on any atom is -0.347 e. The SMILES string of the molecule is CCC(C)(C)NC(=O)c1ccccc1S(=O)(=O)CC. The van der Waals surface area contributed by atoms with Crippen LogP contribution in [-0.4, -0.2) is 25.6 Å². The molecule has 1 N–H and O–H groups in total. The van der Waals surface area contributed by atoms with Gasteiger partial charge in [-0.05, 0) is 32.4 Å². The molecule has 106 valence electrons. The topological polar surface area (TPSA) is 63.2 Å². The van der Waals surface area contributed by atoms with Crippen LogP contribution in [-0.2, 0) is 9.84 Å². The Bertz CT molecular complexity index is 562. The molecule has 1 aromatic carbocycles. The Morgan fingerprint density at radius 2 is 1.79 bits per heavy atom. The summed E-state index contributed by atoms with van der Waals surface area (Å²) in [5.41, 5.74) is -0.147. The summed E-state index contributed by atoms with van der Waals surface area (Å²) >= 11 is 0. The van der Waals surface area contributed by atoms with Crippen molar-refractivity contribution in [2.75, 3.05) is 5.75 Å². The molecule has 4 nitrogen and oxygen atoms in total. The van der Waals surface area contributed by atoms with Crippen LogP contribution in [0.4, 0.5) is 0 Å². The molecule has 5 heteroatoms. The van der Waals surface area contributed by atoms with Crippen LogP contribution in [0.3, 0.4) is 0 Å². The van der Waals surface area contributed by atoms with E-state index < -0.39 is 9.84 Å². The molecule has 0 aromatic heterocycles. The van der Waals surface area contributed by atoms with E-state index in [0.717, 1.165) is 6.42 Å². The molecule has 0 spiro atoms. The number of nitrogens with one attached hydrogen (secondary N) is 1. The fourth-order valence-corrected chi connectivity index (χ4v) is 2.64. The lowest BCUT2D eigenvalue weighted by Crippen LogP contribution is -2.43. The molecule has 0 saturated carbocycles. The first-order valence-corrected chi connectivity index (χ1v) is 8.03. The van der Waals surface area contributed by atoms with Gasteiger partial charge in [0.2, 0.25) is 0 Å². The van der Waals surface area contributed by atoms with E-state index in [1.807, 2.05) is 20.8 Å². The van der Waals surface area contributed by atoms with Gasteiger partial charge in [0.05, 0.1) is 16.2 Å². The summed E-state index contributed by atoms with van der Waals surface area (Å²) in [6.07, 6.45) is 0.765. The highest BCUT2D eigenvalue weighted by Gasteiger charge is 2.24. The molecular weight excluding hydrogens is 262 g/mol. The molecule has 0 unspecified atom stereocenters. The Labute approximate surface area is 115 Å². The van der Waals surface area contributed by atoms with E-state index in [1.165, 1.54) is 6.07 Å². The van der Waals surface area contributed by atoms with Crippen molar-refractivity contribution in [2.24, 2.45) is 0 Å². The summed E-state index contributed by atoms with van der Waals surface area (Å²) in [6.45, 7) is 7.35. The smallest absolute Gasteiger partial charge is 0.253 e. The van der Waals surface area contributed by atoms with E-state index in [0.29, 0.717) is 0 Å². The molecule has 1 amide bonds. The monoisotopic (exact) mass is 283 g/mol. The highest BCUT2D eigenvalue weighted by molar-refractivity contribution is 7.91. The van der Waals surface area contributed by atoms with Gasteiger partial charge < -0.3 is 5.32 Å².